The molecule has 2 heterocycles. The van der Waals surface area contributed by atoms with Gasteiger partial charge in [-0.15, -0.1) is 11.3 Å². The average Bonchev–Trinajstić information content (AvgIpc) is 3.73. The smallest absolute Gasteiger partial charge is 0.430 e. The van der Waals surface area contributed by atoms with Gasteiger partial charge in [0.05, 0.1) is 27.9 Å². The van der Waals surface area contributed by atoms with E-state index in [1.165, 1.54) is 11.3 Å². The van der Waals surface area contributed by atoms with Crippen LogP contribution < -0.4 is 16.4 Å². The standard InChI is InChI=1S/C39H61N5O8S3/c1-26-34(53-25-42-26)30-19-17-29(18-20-30)23-41-36(46)32-22-31(52-38(48)51-27(2)28(3)54-55(7,49)50)24-44(32)37(47)35(39(4,5)6)43-33(45)16-14-12-10-8-9-11-13-15-21-40/h17-20,25,27-28,31-32,35H,8-16,21-24,40H2,1-7H3,(H,41,46)(H,43,45)/t27?,28?,31-,32+,35-/m1/s1. The van der Waals surface area contributed by atoms with Crippen molar-refractivity contribution in [2.75, 3.05) is 19.3 Å². The molecule has 308 valence electrons. The van der Waals surface area contributed by atoms with Crippen LogP contribution in [-0.2, 0) is 39.3 Å². The Morgan fingerprint density at radius 1 is 1.02 bits per heavy atom. The van der Waals surface area contributed by atoms with Gasteiger partial charge in [-0.2, -0.15) is 0 Å². The van der Waals surface area contributed by atoms with E-state index >= 15 is 0 Å². The van der Waals surface area contributed by atoms with Gasteiger partial charge >= 0.3 is 6.16 Å². The molecule has 1 aromatic carbocycles. The predicted octanol–water partition coefficient (Wildman–Crippen LogP) is 6.33. The fourth-order valence-electron chi connectivity index (χ4n) is 6.34. The Labute approximate surface area is 335 Å². The van der Waals surface area contributed by atoms with Crippen LogP contribution in [0.5, 0.6) is 0 Å². The number of nitrogens with zero attached hydrogens (tertiary/aromatic N) is 2. The molecule has 0 saturated carbocycles. The lowest BCUT2D eigenvalue weighted by Gasteiger charge is -2.35. The second-order valence-corrected chi connectivity index (χ2v) is 21.1. The van der Waals surface area contributed by atoms with E-state index in [0.29, 0.717) is 17.2 Å². The highest BCUT2D eigenvalue weighted by Crippen LogP contribution is 2.30. The second-order valence-electron chi connectivity index (χ2n) is 15.5. The van der Waals surface area contributed by atoms with Crippen LogP contribution in [0.25, 0.3) is 10.4 Å². The van der Waals surface area contributed by atoms with Crippen molar-refractivity contribution in [3.63, 3.8) is 0 Å². The summed E-state index contributed by atoms with van der Waals surface area (Å²) in [4.78, 5) is 61.0. The molecule has 0 bridgehead atoms. The number of nitrogens with one attached hydrogen (secondary N) is 2. The third-order valence-corrected chi connectivity index (χ3v) is 13.6. The lowest BCUT2D eigenvalue weighted by Crippen LogP contribution is -2.57. The van der Waals surface area contributed by atoms with Crippen molar-refractivity contribution in [1.82, 2.24) is 20.5 Å². The van der Waals surface area contributed by atoms with Crippen LogP contribution in [0.4, 0.5) is 4.79 Å². The molecule has 16 heteroatoms. The molecule has 3 rings (SSSR count). The molecular formula is C39H61N5O8S3. The highest BCUT2D eigenvalue weighted by atomic mass is 33.1. The van der Waals surface area contributed by atoms with Gasteiger partial charge in [-0.25, -0.2) is 18.2 Å². The van der Waals surface area contributed by atoms with E-state index in [-0.39, 0.29) is 31.8 Å². The summed E-state index contributed by atoms with van der Waals surface area (Å²) in [5.41, 5.74) is 9.49. The number of carbonyl (C=O) groups excluding carboxylic acids is 4. The number of rotatable bonds is 21. The summed E-state index contributed by atoms with van der Waals surface area (Å²) >= 11 is 1.56. The molecule has 2 aromatic rings. The Kier molecular flexibility index (Phi) is 18.4. The Morgan fingerprint density at radius 3 is 2.20 bits per heavy atom. The maximum absolute atomic E-state index is 14.3. The first kappa shape index (κ1) is 46.2. The monoisotopic (exact) mass is 823 g/mol. The van der Waals surface area contributed by atoms with E-state index in [2.05, 4.69) is 15.6 Å². The van der Waals surface area contributed by atoms with Gasteiger partial charge in [-0.3, -0.25) is 14.4 Å². The van der Waals surface area contributed by atoms with E-state index in [1.54, 1.807) is 30.7 Å². The van der Waals surface area contributed by atoms with Gasteiger partial charge in [0.1, 0.15) is 24.3 Å². The van der Waals surface area contributed by atoms with Crippen molar-refractivity contribution >= 4 is 54.9 Å². The van der Waals surface area contributed by atoms with Gasteiger partial charge in [-0.05, 0) is 67.5 Å². The van der Waals surface area contributed by atoms with E-state index in [0.717, 1.165) is 73.0 Å². The zero-order valence-corrected chi connectivity index (χ0v) is 35.9. The number of aryl methyl sites for hydroxylation is 1. The predicted molar refractivity (Wildman–Crippen MR) is 219 cm³/mol. The Bertz CT molecular complexity index is 1660. The molecule has 13 nitrogen and oxygen atoms in total. The largest absolute Gasteiger partial charge is 0.508 e. The number of hydrogen-bond donors (Lipinski definition) is 3. The molecule has 3 amide bonds. The van der Waals surface area contributed by atoms with E-state index < -0.39 is 61.8 Å². The van der Waals surface area contributed by atoms with E-state index in [9.17, 15) is 27.6 Å². The molecule has 0 aliphatic carbocycles. The van der Waals surface area contributed by atoms with Crippen molar-refractivity contribution in [2.45, 2.75) is 142 Å². The van der Waals surface area contributed by atoms with Crippen molar-refractivity contribution in [2.24, 2.45) is 11.1 Å². The second kappa shape index (κ2) is 21.9. The zero-order chi connectivity index (χ0) is 40.8. The lowest BCUT2D eigenvalue weighted by atomic mass is 9.85. The minimum absolute atomic E-state index is 0.00925. The molecule has 0 radical (unpaired) electrons. The first-order valence-electron chi connectivity index (χ1n) is 19.2. The van der Waals surface area contributed by atoms with Crippen LogP contribution in [0.3, 0.4) is 0 Å². The Morgan fingerprint density at radius 2 is 1.64 bits per heavy atom. The Balaban J connectivity index is 1.69. The van der Waals surface area contributed by atoms with Crippen molar-refractivity contribution in [3.05, 3.63) is 41.0 Å². The molecule has 1 saturated heterocycles. The molecular weight excluding hydrogens is 763 g/mol. The quantitative estimate of drug-likeness (QED) is 0.0726. The molecule has 5 atom stereocenters. The summed E-state index contributed by atoms with van der Waals surface area (Å²) in [6, 6.07) is 5.86. The number of carbonyl (C=O) groups is 4. The number of hydrogen-bond acceptors (Lipinski definition) is 12. The van der Waals surface area contributed by atoms with Gasteiger partial charge in [-0.1, -0.05) is 83.6 Å². The summed E-state index contributed by atoms with van der Waals surface area (Å²) in [5.74, 6) is -1.11. The number of amides is 3. The summed E-state index contributed by atoms with van der Waals surface area (Å²) < 4.78 is 34.5. The SMILES string of the molecule is Cc1ncsc1-c1ccc(CNC(=O)[C@@H]2C[C@@H](OC(=O)OC(C)C(C)SS(C)(=O)=O)CN2C(=O)[C@@H](NC(=O)CCCCCCCCCCN)C(C)(C)C)cc1. The third kappa shape index (κ3) is 15.7. The van der Waals surface area contributed by atoms with Crippen LogP contribution in [-0.4, -0.2) is 91.1 Å². The third-order valence-electron chi connectivity index (χ3n) is 9.59. The van der Waals surface area contributed by atoms with E-state index in [1.807, 2.05) is 52.0 Å². The van der Waals surface area contributed by atoms with Gasteiger partial charge in [0.25, 0.3) is 0 Å². The minimum Gasteiger partial charge on any atom is -0.430 e. The molecule has 0 spiro atoms. The van der Waals surface area contributed by atoms with Gasteiger partial charge in [0, 0.05) is 25.6 Å². The average molecular weight is 824 g/mol. The summed E-state index contributed by atoms with van der Waals surface area (Å²) in [5, 5.41) is 5.33. The van der Waals surface area contributed by atoms with Gasteiger partial charge in [0.15, 0.2) is 8.87 Å². The topological polar surface area (TPSA) is 187 Å². The van der Waals surface area contributed by atoms with Crippen LogP contribution in [0, 0.1) is 12.3 Å². The molecule has 1 aliphatic heterocycles. The Hall–Kier alpha value is -3.21. The van der Waals surface area contributed by atoms with Crippen molar-refractivity contribution in [1.29, 1.82) is 0 Å². The molecule has 1 fully saturated rings. The summed E-state index contributed by atoms with van der Waals surface area (Å²) in [6.07, 6.45) is 6.95. The first-order valence-corrected chi connectivity index (χ1v) is 23.4. The minimum atomic E-state index is -3.38. The fourth-order valence-corrected chi connectivity index (χ4v) is 10.0. The fraction of sp³-hybridized carbons (Fsp3) is 0.667. The number of thiazole rings is 1. The number of aromatic nitrogens is 1. The van der Waals surface area contributed by atoms with E-state index in [4.69, 9.17) is 15.2 Å². The van der Waals surface area contributed by atoms with Crippen LogP contribution >= 0.6 is 22.1 Å². The van der Waals surface area contributed by atoms with Gasteiger partial charge < -0.3 is 30.7 Å². The number of benzene rings is 1. The number of unbranched alkanes of at least 4 members (excludes halogenated alkanes) is 7. The van der Waals surface area contributed by atoms with Crippen LogP contribution in [0.15, 0.2) is 29.8 Å². The number of nitrogens with two attached hydrogens (primary N) is 1. The molecule has 4 N–H and O–H groups in total. The molecule has 55 heavy (non-hydrogen) atoms. The molecule has 1 aliphatic rings. The van der Waals surface area contributed by atoms with Crippen LogP contribution in [0.1, 0.15) is 110 Å². The summed E-state index contributed by atoms with van der Waals surface area (Å²) in [7, 11) is -2.70. The maximum atomic E-state index is 14.3. The molecule has 1 aromatic heterocycles. The maximum Gasteiger partial charge on any atom is 0.508 e. The van der Waals surface area contributed by atoms with Crippen LogP contribution in [0.2, 0.25) is 0 Å². The first-order chi connectivity index (χ1) is 25.9. The normalized spacial score (nSPS) is 17.6. The molecule has 2 unspecified atom stereocenters. The number of ether oxygens (including phenoxy) is 2. The summed E-state index contributed by atoms with van der Waals surface area (Å²) in [6.45, 7) is 11.5. The van der Waals surface area contributed by atoms with Crippen molar-refractivity contribution < 1.29 is 37.1 Å². The van der Waals surface area contributed by atoms with Crippen molar-refractivity contribution in [3.8, 4) is 10.4 Å². The van der Waals surface area contributed by atoms with Gasteiger partial charge in [0.2, 0.25) is 17.7 Å². The highest BCUT2D eigenvalue weighted by Gasteiger charge is 2.46. The highest BCUT2D eigenvalue weighted by molar-refractivity contribution is 8.72. The number of likely N-dealkylation sites (tertiary alicyclic amines) is 1. The lowest BCUT2D eigenvalue weighted by molar-refractivity contribution is -0.144. The zero-order valence-electron chi connectivity index (χ0n) is 33.4.